The van der Waals surface area contributed by atoms with E-state index in [4.69, 9.17) is 4.74 Å². The molecular weight excluding hydrogens is 355 g/mol. The van der Waals surface area contributed by atoms with Crippen molar-refractivity contribution in [3.8, 4) is 0 Å². The Morgan fingerprint density at radius 2 is 2.23 bits per heavy atom. The minimum atomic E-state index is -0.781. The molecule has 1 spiro atoms. The number of piperidine rings is 1. The molecule has 7 heteroatoms. The lowest BCUT2D eigenvalue weighted by Gasteiger charge is -2.40. The molecule has 0 saturated carbocycles. The van der Waals surface area contributed by atoms with Crippen LogP contribution in [0.2, 0.25) is 0 Å². The zero-order chi connectivity index (χ0) is 18.1. The SMILES string of the molecule is O=C(O)C(Cc1cscn1)CN1CCC2(CC1)OCc1cc(F)ccc12. The Balaban J connectivity index is 1.40. The van der Waals surface area contributed by atoms with Crippen LogP contribution < -0.4 is 0 Å². The average Bonchev–Trinajstić information content (AvgIpc) is 3.25. The number of hydrogen-bond donors (Lipinski definition) is 1. The third-order valence-corrected chi connectivity index (χ3v) is 6.13. The van der Waals surface area contributed by atoms with Gasteiger partial charge in [-0.15, -0.1) is 11.3 Å². The maximum atomic E-state index is 13.4. The van der Waals surface area contributed by atoms with Gasteiger partial charge in [0.1, 0.15) is 5.82 Å². The van der Waals surface area contributed by atoms with Crippen LogP contribution in [0.1, 0.15) is 29.7 Å². The fourth-order valence-corrected chi connectivity index (χ4v) is 4.63. The molecule has 1 unspecified atom stereocenters. The summed E-state index contributed by atoms with van der Waals surface area (Å²) < 4.78 is 19.5. The highest BCUT2D eigenvalue weighted by molar-refractivity contribution is 7.07. The van der Waals surface area contributed by atoms with Crippen LogP contribution in [-0.4, -0.2) is 40.6 Å². The number of carboxylic acids is 1. The highest BCUT2D eigenvalue weighted by Gasteiger charge is 2.43. The number of nitrogens with zero attached hydrogens (tertiary/aromatic N) is 2. The van der Waals surface area contributed by atoms with Crippen molar-refractivity contribution in [3.63, 3.8) is 0 Å². The normalized spacial score (nSPS) is 20.2. The van der Waals surface area contributed by atoms with Gasteiger partial charge in [0, 0.05) is 31.4 Å². The van der Waals surface area contributed by atoms with Gasteiger partial charge in [-0.05, 0) is 36.1 Å². The fraction of sp³-hybridized carbons (Fsp3) is 0.474. The number of benzene rings is 1. The lowest BCUT2D eigenvalue weighted by atomic mass is 9.83. The van der Waals surface area contributed by atoms with Crippen molar-refractivity contribution in [2.24, 2.45) is 5.92 Å². The molecule has 4 rings (SSSR count). The molecule has 0 bridgehead atoms. The summed E-state index contributed by atoms with van der Waals surface area (Å²) in [5.74, 6) is -1.47. The average molecular weight is 376 g/mol. The number of hydrogen-bond acceptors (Lipinski definition) is 5. The Labute approximate surface area is 155 Å². The van der Waals surface area contributed by atoms with Crippen LogP contribution in [0.25, 0.3) is 0 Å². The molecule has 1 fully saturated rings. The zero-order valence-corrected chi connectivity index (χ0v) is 15.2. The maximum Gasteiger partial charge on any atom is 0.308 e. The van der Waals surface area contributed by atoms with Gasteiger partial charge in [-0.3, -0.25) is 4.79 Å². The van der Waals surface area contributed by atoms with Gasteiger partial charge in [-0.2, -0.15) is 0 Å². The fourth-order valence-electron chi connectivity index (χ4n) is 4.06. The van der Waals surface area contributed by atoms with Gasteiger partial charge in [0.05, 0.1) is 29.3 Å². The van der Waals surface area contributed by atoms with Crippen molar-refractivity contribution >= 4 is 17.3 Å². The van der Waals surface area contributed by atoms with Crippen molar-refractivity contribution in [2.45, 2.75) is 31.5 Å². The molecule has 26 heavy (non-hydrogen) atoms. The molecule has 1 aromatic carbocycles. The number of ether oxygens (including phenoxy) is 1. The Morgan fingerprint density at radius 3 is 2.92 bits per heavy atom. The van der Waals surface area contributed by atoms with Crippen molar-refractivity contribution in [2.75, 3.05) is 19.6 Å². The number of likely N-dealkylation sites (tertiary alicyclic amines) is 1. The number of aliphatic carboxylic acids is 1. The van der Waals surface area contributed by atoms with Crippen LogP contribution in [0.4, 0.5) is 4.39 Å². The Kier molecular flexibility index (Phi) is 4.77. The van der Waals surface area contributed by atoms with Crippen LogP contribution in [0.5, 0.6) is 0 Å². The molecule has 3 heterocycles. The van der Waals surface area contributed by atoms with Crippen LogP contribution >= 0.6 is 11.3 Å². The highest BCUT2D eigenvalue weighted by Crippen LogP contribution is 2.44. The first-order valence-corrected chi connectivity index (χ1v) is 9.75. The lowest BCUT2D eigenvalue weighted by molar-refractivity contribution is -0.143. The third-order valence-electron chi connectivity index (χ3n) is 5.49. The number of rotatable bonds is 5. The summed E-state index contributed by atoms with van der Waals surface area (Å²) in [6.45, 7) is 2.52. The molecule has 0 amide bonds. The molecule has 0 aliphatic carbocycles. The van der Waals surface area contributed by atoms with E-state index >= 15 is 0 Å². The van der Waals surface area contributed by atoms with Gasteiger partial charge < -0.3 is 14.7 Å². The molecule has 2 aliphatic heterocycles. The summed E-state index contributed by atoms with van der Waals surface area (Å²) in [6.07, 6.45) is 2.06. The van der Waals surface area contributed by atoms with Gasteiger partial charge in [0.2, 0.25) is 0 Å². The second kappa shape index (κ2) is 7.06. The van der Waals surface area contributed by atoms with Gasteiger partial charge >= 0.3 is 5.97 Å². The van der Waals surface area contributed by atoms with E-state index in [9.17, 15) is 14.3 Å². The predicted octanol–water partition coefficient (Wildman–Crippen LogP) is 3.05. The summed E-state index contributed by atoms with van der Waals surface area (Å²) in [5.41, 5.74) is 4.26. The van der Waals surface area contributed by atoms with E-state index in [1.165, 1.54) is 17.4 Å². The zero-order valence-electron chi connectivity index (χ0n) is 14.4. The number of thiazole rings is 1. The second-order valence-corrected chi connectivity index (χ2v) is 7.82. The number of aromatic nitrogens is 1. The molecule has 138 valence electrons. The molecule has 0 radical (unpaired) electrons. The first kappa shape index (κ1) is 17.6. The van der Waals surface area contributed by atoms with Crippen molar-refractivity contribution in [1.29, 1.82) is 0 Å². The number of carbonyl (C=O) groups is 1. The standard InChI is InChI=1S/C19H21FN2O3S/c20-15-1-2-17-14(7-15)10-25-19(17)3-5-22(6-4-19)9-13(18(23)24)8-16-11-26-12-21-16/h1-2,7,11-13H,3-6,8-10H2,(H,23,24). The van der Waals surface area contributed by atoms with Crippen molar-refractivity contribution < 1.29 is 19.0 Å². The summed E-state index contributed by atoms with van der Waals surface area (Å²) in [5, 5.41) is 11.5. The Bertz CT molecular complexity index is 788. The molecular formula is C19H21FN2O3S. The summed E-state index contributed by atoms with van der Waals surface area (Å²) in [4.78, 5) is 18.0. The van der Waals surface area contributed by atoms with Crippen molar-refractivity contribution in [3.05, 3.63) is 51.7 Å². The molecule has 2 aliphatic rings. The van der Waals surface area contributed by atoms with Crippen LogP contribution in [-0.2, 0) is 28.2 Å². The van der Waals surface area contributed by atoms with E-state index in [0.29, 0.717) is 19.6 Å². The van der Waals surface area contributed by atoms with Gasteiger partial charge in [0.15, 0.2) is 0 Å². The van der Waals surface area contributed by atoms with E-state index in [2.05, 4.69) is 9.88 Å². The van der Waals surface area contributed by atoms with E-state index in [1.54, 1.807) is 11.6 Å². The van der Waals surface area contributed by atoms with E-state index in [0.717, 1.165) is 42.8 Å². The summed E-state index contributed by atoms with van der Waals surface area (Å²) in [7, 11) is 0. The lowest BCUT2D eigenvalue weighted by Crippen LogP contribution is -2.45. The van der Waals surface area contributed by atoms with Gasteiger partial charge in [-0.25, -0.2) is 9.37 Å². The summed E-state index contributed by atoms with van der Waals surface area (Å²) >= 11 is 1.49. The molecule has 1 atom stereocenters. The largest absolute Gasteiger partial charge is 0.481 e. The topological polar surface area (TPSA) is 62.7 Å². The van der Waals surface area contributed by atoms with E-state index < -0.39 is 11.9 Å². The predicted molar refractivity (Wildman–Crippen MR) is 95.5 cm³/mol. The number of halogens is 1. The van der Waals surface area contributed by atoms with Crippen molar-refractivity contribution in [1.82, 2.24) is 9.88 Å². The Morgan fingerprint density at radius 1 is 1.42 bits per heavy atom. The quantitative estimate of drug-likeness (QED) is 0.869. The third kappa shape index (κ3) is 3.39. The number of carboxylic acid groups (broad SMARTS) is 1. The molecule has 1 aromatic heterocycles. The Hall–Kier alpha value is -1.83. The first-order chi connectivity index (χ1) is 12.6. The summed E-state index contributed by atoms with van der Waals surface area (Å²) in [6, 6.07) is 4.90. The maximum absolute atomic E-state index is 13.4. The molecule has 1 saturated heterocycles. The number of fused-ring (bicyclic) bond motifs is 2. The van der Waals surface area contributed by atoms with Gasteiger partial charge in [-0.1, -0.05) is 6.07 Å². The molecule has 2 aromatic rings. The smallest absolute Gasteiger partial charge is 0.308 e. The van der Waals surface area contributed by atoms with E-state index in [-0.39, 0.29) is 11.4 Å². The van der Waals surface area contributed by atoms with E-state index in [1.807, 2.05) is 11.4 Å². The highest BCUT2D eigenvalue weighted by atomic mass is 32.1. The minimum absolute atomic E-state index is 0.229. The van der Waals surface area contributed by atoms with Crippen LogP contribution in [0.15, 0.2) is 29.1 Å². The first-order valence-electron chi connectivity index (χ1n) is 8.81. The second-order valence-electron chi connectivity index (χ2n) is 7.10. The minimum Gasteiger partial charge on any atom is -0.481 e. The monoisotopic (exact) mass is 376 g/mol. The van der Waals surface area contributed by atoms with Crippen LogP contribution in [0, 0.1) is 11.7 Å². The molecule has 5 nitrogen and oxygen atoms in total. The molecule has 1 N–H and O–H groups in total. The van der Waals surface area contributed by atoms with Crippen LogP contribution in [0.3, 0.4) is 0 Å². The van der Waals surface area contributed by atoms with Gasteiger partial charge in [0.25, 0.3) is 0 Å².